The average Bonchev–Trinajstić information content (AvgIpc) is 3.05. The second kappa shape index (κ2) is 5.31. The molecule has 0 fully saturated rings. The maximum absolute atomic E-state index is 9.51. The minimum atomic E-state index is 0.194. The first-order valence-corrected chi connectivity index (χ1v) is 8.52. The average molecular weight is 328 g/mol. The van der Waals surface area contributed by atoms with Gasteiger partial charge >= 0.3 is 0 Å². The van der Waals surface area contributed by atoms with Crippen molar-refractivity contribution in [3.05, 3.63) is 37.2 Å². The third kappa shape index (κ3) is 2.25. The summed E-state index contributed by atoms with van der Waals surface area (Å²) in [6, 6.07) is 6.40. The summed E-state index contributed by atoms with van der Waals surface area (Å²) in [5.41, 5.74) is 9.27. The van der Waals surface area contributed by atoms with Crippen molar-refractivity contribution in [2.45, 2.75) is 27.7 Å². The van der Waals surface area contributed by atoms with Crippen molar-refractivity contribution < 1.29 is 4.42 Å². The number of furan rings is 1. The number of nitriles is 1. The zero-order chi connectivity index (χ0) is 16.0. The standard InChI is InChI=1S/C17H16N2OS2/c1-8-5-12(10(3)21-8)15-14(7-18)17(19)20-16(15)13-6-9(2)22-11(13)4/h5-6H,19H2,1-4H3. The van der Waals surface area contributed by atoms with Gasteiger partial charge in [0, 0.05) is 36.2 Å². The normalized spacial score (nSPS) is 10.9. The van der Waals surface area contributed by atoms with E-state index in [-0.39, 0.29) is 5.88 Å². The van der Waals surface area contributed by atoms with Crippen LogP contribution in [0.15, 0.2) is 16.5 Å². The highest BCUT2D eigenvalue weighted by Crippen LogP contribution is 2.45. The molecule has 22 heavy (non-hydrogen) atoms. The van der Waals surface area contributed by atoms with Gasteiger partial charge in [-0.2, -0.15) is 5.26 Å². The van der Waals surface area contributed by atoms with Crippen molar-refractivity contribution in [1.29, 1.82) is 5.26 Å². The van der Waals surface area contributed by atoms with Crippen molar-refractivity contribution >= 4 is 28.6 Å². The minimum absolute atomic E-state index is 0.194. The molecular weight excluding hydrogens is 312 g/mol. The summed E-state index contributed by atoms with van der Waals surface area (Å²) >= 11 is 3.44. The predicted octanol–water partition coefficient (Wildman–Crippen LogP) is 5.42. The number of thiophene rings is 2. The highest BCUT2D eigenvalue weighted by atomic mass is 32.1. The maximum Gasteiger partial charge on any atom is 0.209 e. The number of hydrogen-bond donors (Lipinski definition) is 1. The van der Waals surface area contributed by atoms with E-state index < -0.39 is 0 Å². The van der Waals surface area contributed by atoms with Crippen molar-refractivity contribution in [3.8, 4) is 28.5 Å². The number of nitrogens with zero attached hydrogens (tertiary/aromatic N) is 1. The SMILES string of the molecule is Cc1cc(-c2oc(N)c(C#N)c2-c2cc(C)sc2C)c(C)s1. The van der Waals surface area contributed by atoms with E-state index in [0.717, 1.165) is 16.7 Å². The van der Waals surface area contributed by atoms with Gasteiger partial charge in [0.2, 0.25) is 5.88 Å². The molecule has 0 aliphatic carbocycles. The smallest absolute Gasteiger partial charge is 0.209 e. The molecule has 0 saturated heterocycles. The van der Waals surface area contributed by atoms with Crippen molar-refractivity contribution in [2.75, 3.05) is 5.73 Å². The van der Waals surface area contributed by atoms with Crippen LogP contribution in [-0.4, -0.2) is 0 Å². The Hall–Kier alpha value is -2.03. The maximum atomic E-state index is 9.51. The van der Waals surface area contributed by atoms with Crippen LogP contribution in [0.2, 0.25) is 0 Å². The van der Waals surface area contributed by atoms with Crippen LogP contribution in [-0.2, 0) is 0 Å². The Labute approximate surface area is 137 Å². The number of nitrogens with two attached hydrogens (primary N) is 1. The van der Waals surface area contributed by atoms with Gasteiger partial charge in [-0.15, -0.1) is 22.7 Å². The van der Waals surface area contributed by atoms with Gasteiger partial charge in [-0.1, -0.05) is 0 Å². The highest BCUT2D eigenvalue weighted by Gasteiger charge is 2.25. The van der Waals surface area contributed by atoms with Crippen LogP contribution in [0, 0.1) is 39.0 Å². The summed E-state index contributed by atoms with van der Waals surface area (Å²) < 4.78 is 5.80. The Bertz CT molecular complexity index is 906. The first-order chi connectivity index (χ1) is 10.4. The molecule has 3 aromatic heterocycles. The molecular formula is C17H16N2OS2. The summed E-state index contributed by atoms with van der Waals surface area (Å²) in [6.07, 6.45) is 0. The van der Waals surface area contributed by atoms with Crippen LogP contribution in [0.1, 0.15) is 25.1 Å². The number of anilines is 1. The number of rotatable bonds is 2. The third-order valence-corrected chi connectivity index (χ3v) is 5.58. The largest absolute Gasteiger partial charge is 0.439 e. The Balaban J connectivity index is 2.36. The number of aryl methyl sites for hydroxylation is 4. The zero-order valence-corrected chi connectivity index (χ0v) is 14.5. The molecule has 0 aromatic carbocycles. The zero-order valence-electron chi connectivity index (χ0n) is 12.9. The third-order valence-electron chi connectivity index (χ3n) is 3.64. The second-order valence-corrected chi connectivity index (χ2v) is 8.23. The Morgan fingerprint density at radius 3 is 2.00 bits per heavy atom. The highest BCUT2D eigenvalue weighted by molar-refractivity contribution is 7.12. The van der Waals surface area contributed by atoms with E-state index in [4.69, 9.17) is 10.2 Å². The fourth-order valence-electron chi connectivity index (χ4n) is 2.74. The molecule has 5 heteroatoms. The van der Waals surface area contributed by atoms with Gasteiger partial charge in [0.15, 0.2) is 0 Å². The summed E-state index contributed by atoms with van der Waals surface area (Å²) in [4.78, 5) is 4.76. The molecule has 3 aromatic rings. The molecule has 0 amide bonds. The quantitative estimate of drug-likeness (QED) is 0.682. The van der Waals surface area contributed by atoms with Gasteiger partial charge in [0.05, 0.1) is 0 Å². The Kier molecular flexibility index (Phi) is 3.59. The first-order valence-electron chi connectivity index (χ1n) is 6.89. The van der Waals surface area contributed by atoms with Crippen LogP contribution < -0.4 is 5.73 Å². The van der Waals surface area contributed by atoms with E-state index in [0.29, 0.717) is 11.3 Å². The van der Waals surface area contributed by atoms with Crippen molar-refractivity contribution in [2.24, 2.45) is 0 Å². The molecule has 3 rings (SSSR count). The molecule has 0 saturated carbocycles. The van der Waals surface area contributed by atoms with E-state index in [9.17, 15) is 5.26 Å². The van der Waals surface area contributed by atoms with E-state index >= 15 is 0 Å². The molecule has 0 spiro atoms. The van der Waals surface area contributed by atoms with Crippen LogP contribution >= 0.6 is 22.7 Å². The molecule has 0 bridgehead atoms. The lowest BCUT2D eigenvalue weighted by atomic mass is 9.99. The van der Waals surface area contributed by atoms with E-state index in [1.807, 2.05) is 0 Å². The lowest BCUT2D eigenvalue weighted by molar-refractivity contribution is 0.602. The van der Waals surface area contributed by atoms with Crippen LogP contribution in [0.25, 0.3) is 22.5 Å². The summed E-state index contributed by atoms with van der Waals surface area (Å²) in [6.45, 7) is 8.26. The number of hydrogen-bond acceptors (Lipinski definition) is 5. The molecule has 0 radical (unpaired) electrons. The van der Waals surface area contributed by atoms with E-state index in [1.54, 1.807) is 22.7 Å². The van der Waals surface area contributed by atoms with Crippen LogP contribution in [0.3, 0.4) is 0 Å². The van der Waals surface area contributed by atoms with Crippen molar-refractivity contribution in [1.82, 2.24) is 0 Å². The predicted molar refractivity (Wildman–Crippen MR) is 93.4 cm³/mol. The monoisotopic (exact) mass is 328 g/mol. The van der Waals surface area contributed by atoms with Crippen LogP contribution in [0.5, 0.6) is 0 Å². The lowest BCUT2D eigenvalue weighted by Crippen LogP contribution is -1.86. The molecule has 0 unspecified atom stereocenters. The molecule has 2 N–H and O–H groups in total. The van der Waals surface area contributed by atoms with Crippen LogP contribution in [0.4, 0.5) is 5.88 Å². The summed E-state index contributed by atoms with van der Waals surface area (Å²) in [5, 5.41) is 9.51. The molecule has 3 nitrogen and oxygen atoms in total. The summed E-state index contributed by atoms with van der Waals surface area (Å²) in [5.74, 6) is 0.899. The van der Waals surface area contributed by atoms with Gasteiger partial charge in [-0.3, -0.25) is 0 Å². The van der Waals surface area contributed by atoms with Gasteiger partial charge in [0.25, 0.3) is 0 Å². The number of nitrogen functional groups attached to an aromatic ring is 1. The Morgan fingerprint density at radius 1 is 1.00 bits per heavy atom. The Morgan fingerprint density at radius 2 is 1.55 bits per heavy atom. The van der Waals surface area contributed by atoms with E-state index in [2.05, 4.69) is 45.9 Å². The van der Waals surface area contributed by atoms with E-state index in [1.165, 1.54) is 19.5 Å². The summed E-state index contributed by atoms with van der Waals surface area (Å²) in [7, 11) is 0. The minimum Gasteiger partial charge on any atom is -0.439 e. The molecule has 112 valence electrons. The second-order valence-electron chi connectivity index (χ2n) is 5.31. The lowest BCUT2D eigenvalue weighted by Gasteiger charge is -2.02. The van der Waals surface area contributed by atoms with Gasteiger partial charge in [-0.25, -0.2) is 0 Å². The topological polar surface area (TPSA) is 62.9 Å². The molecule has 0 atom stereocenters. The van der Waals surface area contributed by atoms with Crippen molar-refractivity contribution in [3.63, 3.8) is 0 Å². The molecule has 0 aliphatic rings. The molecule has 3 heterocycles. The molecule has 0 aliphatic heterocycles. The van der Waals surface area contributed by atoms with Gasteiger partial charge in [0.1, 0.15) is 17.4 Å². The fourth-order valence-corrected chi connectivity index (χ4v) is 4.59. The van der Waals surface area contributed by atoms with Gasteiger partial charge < -0.3 is 10.2 Å². The first kappa shape index (κ1) is 14.9. The fraction of sp³-hybridized carbons (Fsp3) is 0.235. The van der Waals surface area contributed by atoms with Gasteiger partial charge in [-0.05, 0) is 39.8 Å².